The Morgan fingerprint density at radius 2 is 1.96 bits per heavy atom. The predicted octanol–water partition coefficient (Wildman–Crippen LogP) is 3.49. The Hall–Kier alpha value is -3.00. The van der Waals surface area contributed by atoms with E-state index in [1.54, 1.807) is 32.7 Å². The van der Waals surface area contributed by atoms with Crippen LogP contribution in [0, 0.1) is 0 Å². The molecule has 0 saturated carbocycles. The SMILES string of the molecule is COc1ccc([C@@H]2CC(=O)Nc3c2cnn3Cc2cccs2)c(OC)c1OC. The van der Waals surface area contributed by atoms with Gasteiger partial charge in [0.2, 0.25) is 11.7 Å². The minimum Gasteiger partial charge on any atom is -0.493 e. The van der Waals surface area contributed by atoms with Gasteiger partial charge in [-0.25, -0.2) is 4.68 Å². The molecule has 3 aromatic rings. The van der Waals surface area contributed by atoms with Gasteiger partial charge in [-0.3, -0.25) is 4.79 Å². The Kier molecular flexibility index (Phi) is 4.95. The first-order valence-electron chi connectivity index (χ1n) is 8.83. The summed E-state index contributed by atoms with van der Waals surface area (Å²) in [6.45, 7) is 0.614. The molecule has 1 atom stereocenters. The maximum absolute atomic E-state index is 12.5. The highest BCUT2D eigenvalue weighted by Gasteiger charge is 2.33. The van der Waals surface area contributed by atoms with Gasteiger partial charge in [0, 0.05) is 28.3 Å². The van der Waals surface area contributed by atoms with Crippen molar-refractivity contribution in [1.29, 1.82) is 0 Å². The molecule has 0 radical (unpaired) electrons. The van der Waals surface area contributed by atoms with Crippen LogP contribution in [0.2, 0.25) is 0 Å². The lowest BCUT2D eigenvalue weighted by molar-refractivity contribution is -0.116. The van der Waals surface area contributed by atoms with Crippen LogP contribution in [0.3, 0.4) is 0 Å². The van der Waals surface area contributed by atoms with E-state index in [0.29, 0.717) is 30.2 Å². The highest BCUT2D eigenvalue weighted by atomic mass is 32.1. The third kappa shape index (κ3) is 3.09. The molecule has 2 aromatic heterocycles. The number of nitrogens with one attached hydrogen (secondary N) is 1. The van der Waals surface area contributed by atoms with E-state index in [0.717, 1.165) is 16.9 Å². The summed E-state index contributed by atoms with van der Waals surface area (Å²) in [5.74, 6) is 2.15. The van der Waals surface area contributed by atoms with Gasteiger partial charge in [-0.15, -0.1) is 11.3 Å². The monoisotopic (exact) mass is 399 g/mol. The predicted molar refractivity (Wildman–Crippen MR) is 107 cm³/mol. The second-order valence-corrected chi connectivity index (χ2v) is 7.45. The molecule has 7 nitrogen and oxygen atoms in total. The zero-order valence-corrected chi connectivity index (χ0v) is 16.7. The first-order chi connectivity index (χ1) is 13.7. The van der Waals surface area contributed by atoms with Gasteiger partial charge in [-0.2, -0.15) is 5.10 Å². The number of hydrogen-bond donors (Lipinski definition) is 1. The van der Waals surface area contributed by atoms with E-state index in [1.807, 2.05) is 34.5 Å². The number of ether oxygens (including phenoxy) is 3. The second kappa shape index (κ2) is 7.55. The second-order valence-electron chi connectivity index (χ2n) is 6.41. The molecule has 146 valence electrons. The van der Waals surface area contributed by atoms with Crippen molar-refractivity contribution in [3.8, 4) is 17.2 Å². The van der Waals surface area contributed by atoms with Crippen LogP contribution in [0.5, 0.6) is 17.2 Å². The fourth-order valence-corrected chi connectivity index (χ4v) is 4.30. The first-order valence-corrected chi connectivity index (χ1v) is 9.71. The molecule has 1 N–H and O–H groups in total. The number of rotatable bonds is 6. The van der Waals surface area contributed by atoms with Gasteiger partial charge < -0.3 is 19.5 Å². The summed E-state index contributed by atoms with van der Waals surface area (Å²) in [6, 6.07) is 7.81. The van der Waals surface area contributed by atoms with Crippen molar-refractivity contribution >= 4 is 23.1 Å². The highest BCUT2D eigenvalue weighted by molar-refractivity contribution is 7.09. The van der Waals surface area contributed by atoms with Crippen LogP contribution in [0.15, 0.2) is 35.8 Å². The summed E-state index contributed by atoms with van der Waals surface area (Å²) in [7, 11) is 4.74. The number of hydrogen-bond acceptors (Lipinski definition) is 6. The molecule has 1 aromatic carbocycles. The molecule has 0 spiro atoms. The fourth-order valence-electron chi connectivity index (χ4n) is 3.62. The molecule has 1 aliphatic rings. The molecular formula is C20H21N3O4S. The Morgan fingerprint density at radius 1 is 1.14 bits per heavy atom. The summed E-state index contributed by atoms with van der Waals surface area (Å²) in [5, 5.41) is 9.53. The van der Waals surface area contributed by atoms with E-state index in [-0.39, 0.29) is 11.8 Å². The average Bonchev–Trinajstić information content (AvgIpc) is 3.36. The van der Waals surface area contributed by atoms with Crippen molar-refractivity contribution in [1.82, 2.24) is 9.78 Å². The highest BCUT2D eigenvalue weighted by Crippen LogP contribution is 2.47. The lowest BCUT2D eigenvalue weighted by atomic mass is 9.86. The zero-order valence-electron chi connectivity index (χ0n) is 15.9. The largest absolute Gasteiger partial charge is 0.493 e. The minimum absolute atomic E-state index is 0.0535. The number of carbonyl (C=O) groups is 1. The Bertz CT molecular complexity index is 997. The number of amides is 1. The average molecular weight is 399 g/mol. The van der Waals surface area contributed by atoms with E-state index in [2.05, 4.69) is 16.5 Å². The van der Waals surface area contributed by atoms with E-state index in [9.17, 15) is 4.79 Å². The van der Waals surface area contributed by atoms with Gasteiger partial charge in [0.1, 0.15) is 5.82 Å². The summed E-state index contributed by atoms with van der Waals surface area (Å²) in [5.41, 5.74) is 1.83. The molecular weight excluding hydrogens is 378 g/mol. The van der Waals surface area contributed by atoms with Gasteiger partial charge >= 0.3 is 0 Å². The Balaban J connectivity index is 1.79. The molecule has 0 saturated heterocycles. The molecule has 8 heteroatoms. The van der Waals surface area contributed by atoms with Gasteiger partial charge in [0.05, 0.1) is 34.1 Å². The summed E-state index contributed by atoms with van der Waals surface area (Å²) < 4.78 is 18.4. The van der Waals surface area contributed by atoms with Crippen LogP contribution < -0.4 is 19.5 Å². The lowest BCUT2D eigenvalue weighted by Crippen LogP contribution is -2.25. The Labute approximate surface area is 166 Å². The van der Waals surface area contributed by atoms with Gasteiger partial charge in [-0.05, 0) is 17.5 Å². The molecule has 1 amide bonds. The first kappa shape index (κ1) is 18.4. The summed E-state index contributed by atoms with van der Waals surface area (Å²) >= 11 is 1.66. The van der Waals surface area contributed by atoms with Gasteiger partial charge in [-0.1, -0.05) is 12.1 Å². The van der Waals surface area contributed by atoms with Crippen LogP contribution in [-0.2, 0) is 11.3 Å². The van der Waals surface area contributed by atoms with Crippen molar-refractivity contribution in [2.24, 2.45) is 0 Å². The number of aromatic nitrogens is 2. The molecule has 0 bridgehead atoms. The molecule has 0 unspecified atom stereocenters. The van der Waals surface area contributed by atoms with E-state index >= 15 is 0 Å². The van der Waals surface area contributed by atoms with Crippen LogP contribution in [0.1, 0.15) is 28.3 Å². The lowest BCUT2D eigenvalue weighted by Gasteiger charge is -2.26. The minimum atomic E-state index is -0.185. The summed E-state index contributed by atoms with van der Waals surface area (Å²) in [4.78, 5) is 13.7. The van der Waals surface area contributed by atoms with Crippen LogP contribution in [-0.4, -0.2) is 37.0 Å². The van der Waals surface area contributed by atoms with Gasteiger partial charge in [0.15, 0.2) is 11.5 Å². The molecule has 3 heterocycles. The molecule has 0 aliphatic carbocycles. The van der Waals surface area contributed by atoms with Gasteiger partial charge in [0.25, 0.3) is 0 Å². The Morgan fingerprint density at radius 3 is 2.64 bits per heavy atom. The van der Waals surface area contributed by atoms with Crippen molar-refractivity contribution in [2.75, 3.05) is 26.6 Å². The summed E-state index contributed by atoms with van der Waals surface area (Å²) in [6.07, 6.45) is 2.13. The maximum Gasteiger partial charge on any atom is 0.226 e. The van der Waals surface area contributed by atoms with E-state index in [1.165, 1.54) is 4.88 Å². The number of anilines is 1. The number of fused-ring (bicyclic) bond motifs is 1. The number of thiophene rings is 1. The van der Waals surface area contributed by atoms with E-state index in [4.69, 9.17) is 14.2 Å². The third-order valence-corrected chi connectivity index (χ3v) is 5.75. The van der Waals surface area contributed by atoms with Crippen LogP contribution >= 0.6 is 11.3 Å². The zero-order chi connectivity index (χ0) is 19.7. The quantitative estimate of drug-likeness (QED) is 0.687. The molecule has 0 fully saturated rings. The van der Waals surface area contributed by atoms with Crippen molar-refractivity contribution in [2.45, 2.75) is 18.9 Å². The fraction of sp³-hybridized carbons (Fsp3) is 0.300. The third-order valence-electron chi connectivity index (χ3n) is 4.89. The molecule has 1 aliphatic heterocycles. The number of benzene rings is 1. The standard InChI is InChI=1S/C20H21N3O4S/c1-25-16-7-6-13(18(26-2)19(16)27-3)14-9-17(24)22-20-15(14)10-21-23(20)11-12-5-4-8-28-12/h4-8,10,14H,9,11H2,1-3H3,(H,22,24)/t14-/m0/s1. The number of methoxy groups -OCH3 is 3. The van der Waals surface area contributed by atoms with Crippen molar-refractivity contribution in [3.63, 3.8) is 0 Å². The van der Waals surface area contributed by atoms with Crippen molar-refractivity contribution in [3.05, 3.63) is 51.8 Å². The normalized spacial score (nSPS) is 15.7. The number of carbonyl (C=O) groups excluding carboxylic acids is 1. The maximum atomic E-state index is 12.5. The van der Waals surface area contributed by atoms with E-state index < -0.39 is 0 Å². The molecule has 28 heavy (non-hydrogen) atoms. The van der Waals surface area contributed by atoms with Crippen molar-refractivity contribution < 1.29 is 19.0 Å². The van der Waals surface area contributed by atoms with Crippen LogP contribution in [0.25, 0.3) is 0 Å². The number of nitrogens with zero attached hydrogens (tertiary/aromatic N) is 2. The smallest absolute Gasteiger partial charge is 0.226 e. The molecule has 4 rings (SSSR count). The van der Waals surface area contributed by atoms with Crippen LogP contribution in [0.4, 0.5) is 5.82 Å². The topological polar surface area (TPSA) is 74.6 Å².